The Kier molecular flexibility index (Phi) is 6.65. The van der Waals surface area contributed by atoms with Gasteiger partial charge < -0.3 is 10.4 Å². The molecule has 0 saturated heterocycles. The van der Waals surface area contributed by atoms with Crippen molar-refractivity contribution >= 4 is 5.97 Å². The predicted molar refractivity (Wildman–Crippen MR) is 67.6 cm³/mol. The Bertz CT molecular complexity index is 212. The van der Waals surface area contributed by atoms with Crippen LogP contribution < -0.4 is 5.32 Å². The Morgan fingerprint density at radius 3 is 2.25 bits per heavy atom. The average Bonchev–Trinajstić information content (AvgIpc) is 2.14. The summed E-state index contributed by atoms with van der Waals surface area (Å²) in [5.74, 6) is 0.0111. The molecule has 0 rings (SSSR count). The molecule has 0 aromatic rings. The Hall–Kier alpha value is -0.570. The molecule has 0 aromatic heterocycles. The van der Waals surface area contributed by atoms with Crippen LogP contribution in [0.1, 0.15) is 53.9 Å². The summed E-state index contributed by atoms with van der Waals surface area (Å²) in [7, 11) is 0. The van der Waals surface area contributed by atoms with Crippen LogP contribution in [-0.4, -0.2) is 23.7 Å². The number of hydrogen-bond acceptors (Lipinski definition) is 2. The predicted octanol–water partition coefficient (Wildman–Crippen LogP) is 2.90. The molecule has 1 atom stereocenters. The average molecular weight is 229 g/mol. The van der Waals surface area contributed by atoms with Crippen LogP contribution in [0.4, 0.5) is 0 Å². The standard InChI is InChI=1S/C13H27NO2/c1-10(2)7-6-8-11(3)14-9-13(4,5)12(15)16/h10-11,14H,6-9H2,1-5H3,(H,15,16). The fourth-order valence-electron chi connectivity index (χ4n) is 1.44. The van der Waals surface area contributed by atoms with Crippen LogP contribution in [0.5, 0.6) is 0 Å². The zero-order chi connectivity index (χ0) is 12.8. The van der Waals surface area contributed by atoms with Crippen molar-refractivity contribution in [2.75, 3.05) is 6.54 Å². The molecule has 3 nitrogen and oxygen atoms in total. The van der Waals surface area contributed by atoms with Crippen LogP contribution in [0.15, 0.2) is 0 Å². The first kappa shape index (κ1) is 15.4. The first-order chi connectivity index (χ1) is 7.25. The van der Waals surface area contributed by atoms with Gasteiger partial charge in [0.15, 0.2) is 0 Å². The van der Waals surface area contributed by atoms with Gasteiger partial charge in [-0.2, -0.15) is 0 Å². The molecule has 2 N–H and O–H groups in total. The Labute approximate surface area is 99.6 Å². The molecule has 0 aliphatic rings. The Morgan fingerprint density at radius 1 is 1.25 bits per heavy atom. The van der Waals surface area contributed by atoms with Crippen LogP contribution in [0.25, 0.3) is 0 Å². The second-order valence-corrected chi connectivity index (χ2v) is 5.80. The second kappa shape index (κ2) is 6.89. The minimum Gasteiger partial charge on any atom is -0.481 e. The monoisotopic (exact) mass is 229 g/mol. The number of aliphatic carboxylic acids is 1. The topological polar surface area (TPSA) is 49.3 Å². The highest BCUT2D eigenvalue weighted by atomic mass is 16.4. The number of hydrogen-bond donors (Lipinski definition) is 2. The highest BCUT2D eigenvalue weighted by Crippen LogP contribution is 2.14. The van der Waals surface area contributed by atoms with Gasteiger partial charge in [0.1, 0.15) is 0 Å². The summed E-state index contributed by atoms with van der Waals surface area (Å²) >= 11 is 0. The lowest BCUT2D eigenvalue weighted by atomic mass is 9.93. The maximum Gasteiger partial charge on any atom is 0.310 e. The number of carboxylic acids is 1. The molecule has 1 unspecified atom stereocenters. The van der Waals surface area contributed by atoms with E-state index in [0.717, 1.165) is 12.3 Å². The summed E-state index contributed by atoms with van der Waals surface area (Å²) in [4.78, 5) is 10.9. The normalized spacial score (nSPS) is 14.1. The molecule has 0 heterocycles. The van der Waals surface area contributed by atoms with Gasteiger partial charge in [-0.25, -0.2) is 0 Å². The highest BCUT2D eigenvalue weighted by molar-refractivity contribution is 5.73. The third-order valence-corrected chi connectivity index (χ3v) is 2.89. The highest BCUT2D eigenvalue weighted by Gasteiger charge is 2.26. The van der Waals surface area contributed by atoms with Gasteiger partial charge >= 0.3 is 5.97 Å². The third kappa shape index (κ3) is 6.83. The second-order valence-electron chi connectivity index (χ2n) is 5.80. The number of carboxylic acid groups (broad SMARTS) is 1. The van der Waals surface area contributed by atoms with E-state index in [0.29, 0.717) is 12.6 Å². The van der Waals surface area contributed by atoms with Crippen molar-refractivity contribution < 1.29 is 9.90 Å². The van der Waals surface area contributed by atoms with Crippen molar-refractivity contribution in [3.8, 4) is 0 Å². The molecule has 3 heteroatoms. The number of carbonyl (C=O) groups is 1. The van der Waals surface area contributed by atoms with Gasteiger partial charge in [0.2, 0.25) is 0 Å². The van der Waals surface area contributed by atoms with Gasteiger partial charge in [0.25, 0.3) is 0 Å². The van der Waals surface area contributed by atoms with Gasteiger partial charge in [-0.1, -0.05) is 26.7 Å². The van der Waals surface area contributed by atoms with Gasteiger partial charge in [-0.3, -0.25) is 4.79 Å². The van der Waals surface area contributed by atoms with Crippen LogP contribution >= 0.6 is 0 Å². The Balaban J connectivity index is 3.73. The van der Waals surface area contributed by atoms with E-state index in [1.165, 1.54) is 12.8 Å². The van der Waals surface area contributed by atoms with Crippen LogP contribution in [0.3, 0.4) is 0 Å². The number of rotatable bonds is 8. The van der Waals surface area contributed by atoms with Gasteiger partial charge in [0, 0.05) is 12.6 Å². The molecule has 0 aliphatic heterocycles. The quantitative estimate of drug-likeness (QED) is 0.673. The molecular weight excluding hydrogens is 202 g/mol. The maximum absolute atomic E-state index is 10.9. The molecule has 96 valence electrons. The van der Waals surface area contributed by atoms with Crippen LogP contribution in [0.2, 0.25) is 0 Å². The largest absolute Gasteiger partial charge is 0.481 e. The Morgan fingerprint density at radius 2 is 1.81 bits per heavy atom. The molecule has 0 aliphatic carbocycles. The van der Waals surface area contributed by atoms with E-state index in [1.54, 1.807) is 13.8 Å². The van der Waals surface area contributed by atoms with Gasteiger partial charge in [0.05, 0.1) is 5.41 Å². The molecule has 0 saturated carbocycles. The third-order valence-electron chi connectivity index (χ3n) is 2.89. The molecule has 0 spiro atoms. The summed E-state index contributed by atoms with van der Waals surface area (Å²) in [5.41, 5.74) is -0.674. The van der Waals surface area contributed by atoms with E-state index in [-0.39, 0.29) is 0 Å². The maximum atomic E-state index is 10.9. The molecule has 0 amide bonds. The van der Waals surface area contributed by atoms with Crippen molar-refractivity contribution in [2.24, 2.45) is 11.3 Å². The lowest BCUT2D eigenvalue weighted by Crippen LogP contribution is -2.39. The van der Waals surface area contributed by atoms with Crippen LogP contribution in [-0.2, 0) is 4.79 Å². The fraction of sp³-hybridized carbons (Fsp3) is 0.923. The molecule has 0 bridgehead atoms. The fourth-order valence-corrected chi connectivity index (χ4v) is 1.44. The molecule has 0 aromatic carbocycles. The minimum absolute atomic E-state index is 0.400. The van der Waals surface area contributed by atoms with Crippen molar-refractivity contribution in [3.63, 3.8) is 0 Å². The first-order valence-electron chi connectivity index (χ1n) is 6.22. The van der Waals surface area contributed by atoms with E-state index >= 15 is 0 Å². The molecular formula is C13H27NO2. The lowest BCUT2D eigenvalue weighted by molar-refractivity contribution is -0.146. The van der Waals surface area contributed by atoms with Gasteiger partial charge in [-0.15, -0.1) is 0 Å². The van der Waals surface area contributed by atoms with E-state index in [9.17, 15) is 4.79 Å². The summed E-state index contributed by atoms with van der Waals surface area (Å²) in [5, 5.41) is 12.3. The summed E-state index contributed by atoms with van der Waals surface area (Å²) in [6.45, 7) is 10.6. The summed E-state index contributed by atoms with van der Waals surface area (Å²) in [6, 6.07) is 0.400. The molecule has 0 radical (unpaired) electrons. The first-order valence-corrected chi connectivity index (χ1v) is 6.22. The lowest BCUT2D eigenvalue weighted by Gasteiger charge is -2.23. The van der Waals surface area contributed by atoms with Crippen molar-refractivity contribution in [1.29, 1.82) is 0 Å². The zero-order valence-electron chi connectivity index (χ0n) is 11.3. The van der Waals surface area contributed by atoms with E-state index in [4.69, 9.17) is 5.11 Å². The van der Waals surface area contributed by atoms with Crippen LogP contribution in [0, 0.1) is 11.3 Å². The van der Waals surface area contributed by atoms with E-state index in [2.05, 4.69) is 26.1 Å². The van der Waals surface area contributed by atoms with Gasteiger partial charge in [-0.05, 0) is 33.1 Å². The summed E-state index contributed by atoms with van der Waals surface area (Å²) < 4.78 is 0. The minimum atomic E-state index is -0.741. The van der Waals surface area contributed by atoms with Crippen molar-refractivity contribution in [2.45, 2.75) is 59.9 Å². The molecule has 16 heavy (non-hydrogen) atoms. The van der Waals surface area contributed by atoms with E-state index in [1.807, 2.05) is 0 Å². The zero-order valence-corrected chi connectivity index (χ0v) is 11.3. The van der Waals surface area contributed by atoms with E-state index < -0.39 is 11.4 Å². The van der Waals surface area contributed by atoms with Crippen molar-refractivity contribution in [1.82, 2.24) is 5.32 Å². The molecule has 0 fully saturated rings. The SMILES string of the molecule is CC(C)CCCC(C)NCC(C)(C)C(=O)O. The van der Waals surface area contributed by atoms with Crippen molar-refractivity contribution in [3.05, 3.63) is 0 Å². The smallest absolute Gasteiger partial charge is 0.310 e. The number of nitrogens with one attached hydrogen (secondary N) is 1. The summed E-state index contributed by atoms with van der Waals surface area (Å²) in [6.07, 6.45) is 3.57.